The first-order valence-electron chi connectivity index (χ1n) is 4.51. The van der Waals surface area contributed by atoms with Crippen molar-refractivity contribution in [2.75, 3.05) is 13.6 Å². The maximum absolute atomic E-state index is 2.54. The van der Waals surface area contributed by atoms with Crippen molar-refractivity contribution in [1.82, 2.24) is 4.90 Å². The molecule has 2 bridgehead atoms. The zero-order valence-corrected chi connectivity index (χ0v) is 7.01. The van der Waals surface area contributed by atoms with E-state index in [9.17, 15) is 0 Å². The molecule has 0 aromatic rings. The summed E-state index contributed by atoms with van der Waals surface area (Å²) in [4.78, 5) is 2.54. The second kappa shape index (κ2) is 2.23. The van der Waals surface area contributed by atoms with Crippen LogP contribution in [0.25, 0.3) is 0 Å². The van der Waals surface area contributed by atoms with Gasteiger partial charge in [0.25, 0.3) is 0 Å². The van der Waals surface area contributed by atoms with Gasteiger partial charge in [0.1, 0.15) is 0 Å². The maximum atomic E-state index is 2.54. The Morgan fingerprint density at radius 1 is 1.40 bits per heavy atom. The van der Waals surface area contributed by atoms with Gasteiger partial charge in [-0.05, 0) is 31.7 Å². The first kappa shape index (κ1) is 6.66. The first-order valence-corrected chi connectivity index (χ1v) is 4.51. The number of hydrogen-bond donors (Lipinski definition) is 0. The zero-order valence-electron chi connectivity index (χ0n) is 7.01. The second-order valence-corrected chi connectivity index (χ2v) is 3.99. The van der Waals surface area contributed by atoms with Crippen molar-refractivity contribution < 1.29 is 0 Å². The highest BCUT2D eigenvalue weighted by Crippen LogP contribution is 2.42. The molecule has 0 aromatic carbocycles. The van der Waals surface area contributed by atoms with Crippen LogP contribution in [-0.4, -0.2) is 24.5 Å². The highest BCUT2D eigenvalue weighted by Gasteiger charge is 2.41. The summed E-state index contributed by atoms with van der Waals surface area (Å²) >= 11 is 0. The van der Waals surface area contributed by atoms with Crippen LogP contribution < -0.4 is 0 Å². The second-order valence-electron chi connectivity index (χ2n) is 3.99. The van der Waals surface area contributed by atoms with Crippen LogP contribution in [0.5, 0.6) is 0 Å². The normalized spacial score (nSPS) is 46.8. The molecule has 0 aromatic heterocycles. The molecule has 2 rings (SSSR count). The summed E-state index contributed by atoms with van der Waals surface area (Å²) in [6.07, 6.45) is 4.39. The van der Waals surface area contributed by atoms with Gasteiger partial charge in [0.05, 0.1) is 0 Å². The third kappa shape index (κ3) is 0.800. The summed E-state index contributed by atoms with van der Waals surface area (Å²) in [7, 11) is 2.27. The van der Waals surface area contributed by atoms with E-state index in [1.54, 1.807) is 0 Å². The minimum absolute atomic E-state index is 0.954. The Hall–Kier alpha value is -0.0400. The molecule has 0 N–H and O–H groups in total. The van der Waals surface area contributed by atoms with Crippen LogP contribution >= 0.6 is 0 Å². The van der Waals surface area contributed by atoms with Gasteiger partial charge in [0, 0.05) is 12.6 Å². The summed E-state index contributed by atoms with van der Waals surface area (Å²) in [6, 6.07) is 0.954. The van der Waals surface area contributed by atoms with Crippen LogP contribution in [0.3, 0.4) is 0 Å². The number of piperidine rings is 1. The number of fused-ring (bicyclic) bond motifs is 2. The van der Waals surface area contributed by atoms with Crippen LogP contribution in [0.2, 0.25) is 0 Å². The Labute approximate surface area is 63.4 Å². The predicted octanol–water partition coefficient (Wildman–Crippen LogP) is 1.74. The van der Waals surface area contributed by atoms with Crippen molar-refractivity contribution in [1.29, 1.82) is 0 Å². The Morgan fingerprint density at radius 3 is 2.60 bits per heavy atom. The summed E-state index contributed by atoms with van der Waals surface area (Å²) in [5.74, 6) is 2.13. The average Bonchev–Trinajstić information content (AvgIpc) is 2.44. The molecule has 0 spiro atoms. The fourth-order valence-electron chi connectivity index (χ4n) is 2.78. The van der Waals surface area contributed by atoms with Gasteiger partial charge in [-0.25, -0.2) is 0 Å². The Bertz CT molecular complexity index is 131. The van der Waals surface area contributed by atoms with Gasteiger partial charge in [0.2, 0.25) is 0 Å². The predicted molar refractivity (Wildman–Crippen MR) is 42.9 cm³/mol. The van der Waals surface area contributed by atoms with Crippen molar-refractivity contribution in [2.45, 2.75) is 32.2 Å². The van der Waals surface area contributed by atoms with Crippen LogP contribution in [0.1, 0.15) is 26.2 Å². The molecule has 1 heteroatoms. The monoisotopic (exact) mass is 139 g/mol. The van der Waals surface area contributed by atoms with Crippen LogP contribution in [0, 0.1) is 11.8 Å². The molecule has 1 aliphatic heterocycles. The number of hydrogen-bond acceptors (Lipinski definition) is 1. The quantitative estimate of drug-likeness (QED) is 0.535. The number of likely N-dealkylation sites (tertiary alicyclic amines) is 1. The minimum Gasteiger partial charge on any atom is -0.303 e. The molecule has 2 fully saturated rings. The Morgan fingerprint density at radius 2 is 2.20 bits per heavy atom. The molecule has 3 unspecified atom stereocenters. The van der Waals surface area contributed by atoms with Crippen molar-refractivity contribution >= 4 is 0 Å². The van der Waals surface area contributed by atoms with Crippen molar-refractivity contribution in [3.05, 3.63) is 0 Å². The fraction of sp³-hybridized carbons (Fsp3) is 1.00. The van der Waals surface area contributed by atoms with E-state index in [0.717, 1.165) is 17.9 Å². The highest BCUT2D eigenvalue weighted by atomic mass is 15.2. The van der Waals surface area contributed by atoms with Gasteiger partial charge in [-0.3, -0.25) is 0 Å². The SMILES string of the molecule is CCC1CC2CC1CN2C. The van der Waals surface area contributed by atoms with Crippen molar-refractivity contribution in [2.24, 2.45) is 11.8 Å². The molecule has 1 aliphatic carbocycles. The molecule has 2 aliphatic rings. The molecule has 1 saturated heterocycles. The topological polar surface area (TPSA) is 3.24 Å². The van der Waals surface area contributed by atoms with Gasteiger partial charge in [-0.15, -0.1) is 0 Å². The van der Waals surface area contributed by atoms with E-state index in [-0.39, 0.29) is 0 Å². The first-order chi connectivity index (χ1) is 4.81. The molecule has 58 valence electrons. The molecule has 0 amide bonds. The Kier molecular flexibility index (Phi) is 1.48. The zero-order chi connectivity index (χ0) is 7.14. The summed E-state index contributed by atoms with van der Waals surface area (Å²) < 4.78 is 0. The van der Waals surface area contributed by atoms with Crippen molar-refractivity contribution in [3.63, 3.8) is 0 Å². The lowest BCUT2D eigenvalue weighted by atomic mass is 9.92. The smallest absolute Gasteiger partial charge is 0.00982 e. The lowest BCUT2D eigenvalue weighted by Gasteiger charge is -2.27. The van der Waals surface area contributed by atoms with E-state index in [4.69, 9.17) is 0 Å². The lowest BCUT2D eigenvalue weighted by molar-refractivity contribution is 0.206. The highest BCUT2D eigenvalue weighted by molar-refractivity contribution is 4.95. The van der Waals surface area contributed by atoms with E-state index in [2.05, 4.69) is 18.9 Å². The third-order valence-electron chi connectivity index (χ3n) is 3.49. The molecular weight excluding hydrogens is 122 g/mol. The molecule has 10 heavy (non-hydrogen) atoms. The summed E-state index contributed by atoms with van der Waals surface area (Å²) in [5.41, 5.74) is 0. The van der Waals surface area contributed by atoms with E-state index >= 15 is 0 Å². The summed E-state index contributed by atoms with van der Waals surface area (Å²) in [6.45, 7) is 3.72. The largest absolute Gasteiger partial charge is 0.303 e. The molecule has 1 saturated carbocycles. The number of rotatable bonds is 1. The van der Waals surface area contributed by atoms with Gasteiger partial charge < -0.3 is 4.90 Å². The standard InChI is InChI=1S/C9H17N/c1-3-7-4-9-5-8(7)6-10(9)2/h7-9H,3-6H2,1-2H3. The fourth-order valence-corrected chi connectivity index (χ4v) is 2.78. The van der Waals surface area contributed by atoms with Crippen LogP contribution in [0.4, 0.5) is 0 Å². The van der Waals surface area contributed by atoms with Gasteiger partial charge in [-0.2, -0.15) is 0 Å². The van der Waals surface area contributed by atoms with Gasteiger partial charge in [-0.1, -0.05) is 13.3 Å². The van der Waals surface area contributed by atoms with Crippen LogP contribution in [-0.2, 0) is 0 Å². The molecule has 0 radical (unpaired) electrons. The summed E-state index contributed by atoms with van der Waals surface area (Å²) in [5, 5.41) is 0. The molecule has 1 heterocycles. The lowest BCUT2D eigenvalue weighted by Crippen LogP contribution is -2.31. The van der Waals surface area contributed by atoms with Crippen LogP contribution in [0.15, 0.2) is 0 Å². The van der Waals surface area contributed by atoms with Gasteiger partial charge >= 0.3 is 0 Å². The van der Waals surface area contributed by atoms with E-state index < -0.39 is 0 Å². The average molecular weight is 139 g/mol. The molecular formula is C9H17N. The van der Waals surface area contributed by atoms with E-state index in [1.165, 1.54) is 25.8 Å². The minimum atomic E-state index is 0.954. The maximum Gasteiger partial charge on any atom is 0.00982 e. The Balaban J connectivity index is 2.02. The third-order valence-corrected chi connectivity index (χ3v) is 3.49. The molecule has 1 nitrogen and oxygen atoms in total. The number of nitrogens with zero attached hydrogens (tertiary/aromatic N) is 1. The molecule has 3 atom stereocenters. The van der Waals surface area contributed by atoms with E-state index in [0.29, 0.717) is 0 Å². The van der Waals surface area contributed by atoms with Crippen molar-refractivity contribution in [3.8, 4) is 0 Å². The van der Waals surface area contributed by atoms with E-state index in [1.807, 2.05) is 0 Å². The van der Waals surface area contributed by atoms with Gasteiger partial charge in [0.15, 0.2) is 0 Å².